The van der Waals surface area contributed by atoms with Crippen molar-refractivity contribution in [2.24, 2.45) is 0 Å². The number of hydrogen-bond donors (Lipinski definition) is 2. The number of rotatable bonds is 5. The molecule has 0 saturated carbocycles. The molecule has 2 aromatic heterocycles. The van der Waals surface area contributed by atoms with Gasteiger partial charge >= 0.3 is 0 Å². The lowest BCUT2D eigenvalue weighted by Crippen LogP contribution is -2.01. The lowest BCUT2D eigenvalue weighted by atomic mass is 10.1. The van der Waals surface area contributed by atoms with Crippen LogP contribution in [0.3, 0.4) is 0 Å². The van der Waals surface area contributed by atoms with Crippen LogP contribution in [-0.4, -0.2) is 28.7 Å². The number of methoxy groups -OCH3 is 2. The lowest BCUT2D eigenvalue weighted by molar-refractivity contribution is 0.373. The third-order valence-corrected chi connectivity index (χ3v) is 4.65. The van der Waals surface area contributed by atoms with Gasteiger partial charge in [-0.15, -0.1) is 0 Å². The molecule has 0 atom stereocenters. The van der Waals surface area contributed by atoms with Crippen LogP contribution in [0, 0.1) is 6.92 Å². The summed E-state index contributed by atoms with van der Waals surface area (Å²) in [7, 11) is 3.17. The number of imidazole rings is 1. The molecule has 0 aliphatic heterocycles. The van der Waals surface area contributed by atoms with Gasteiger partial charge in [0.05, 0.1) is 19.9 Å². The van der Waals surface area contributed by atoms with Crippen LogP contribution in [0.2, 0.25) is 0 Å². The molecule has 6 heteroatoms. The summed E-state index contributed by atoms with van der Waals surface area (Å²) in [5.41, 5.74) is 4.27. The topological polar surface area (TPSA) is 68.0 Å². The molecular formula is C22H21N3O3. The standard InChI is InChI=1S/C22H21N3O3/c1-14-7-6-10-20-24-21(15-11-12-17(26)19(13-15)28-3)22(25(14)20)23-16-8-4-5-9-18(16)27-2/h4-13,23,26H,1-3H3. The van der Waals surface area contributed by atoms with E-state index in [0.717, 1.165) is 39.9 Å². The number of phenolic OH excluding ortho intramolecular Hbond substituents is 1. The van der Waals surface area contributed by atoms with Gasteiger partial charge in [0.15, 0.2) is 11.5 Å². The van der Waals surface area contributed by atoms with E-state index in [-0.39, 0.29) is 5.75 Å². The summed E-state index contributed by atoms with van der Waals surface area (Å²) in [4.78, 5) is 4.82. The maximum atomic E-state index is 9.96. The van der Waals surface area contributed by atoms with Crippen molar-refractivity contribution in [2.75, 3.05) is 19.5 Å². The average molecular weight is 375 g/mol. The van der Waals surface area contributed by atoms with E-state index in [4.69, 9.17) is 14.5 Å². The van der Waals surface area contributed by atoms with Gasteiger partial charge in [-0.1, -0.05) is 18.2 Å². The van der Waals surface area contributed by atoms with Gasteiger partial charge in [-0.05, 0) is 49.4 Å². The van der Waals surface area contributed by atoms with Crippen LogP contribution in [0.5, 0.6) is 17.2 Å². The SMILES string of the molecule is COc1cc(-c2nc3cccc(C)n3c2Nc2ccccc2OC)ccc1O. The molecule has 2 N–H and O–H groups in total. The average Bonchev–Trinajstić information content (AvgIpc) is 3.08. The monoisotopic (exact) mass is 375 g/mol. The Morgan fingerprint density at radius 3 is 2.50 bits per heavy atom. The van der Waals surface area contributed by atoms with Crippen molar-refractivity contribution in [1.29, 1.82) is 0 Å². The minimum absolute atomic E-state index is 0.0884. The third kappa shape index (κ3) is 2.99. The fourth-order valence-corrected chi connectivity index (χ4v) is 3.27. The molecule has 0 aliphatic carbocycles. The number of nitrogens with zero attached hydrogens (tertiary/aromatic N) is 2. The molecule has 2 heterocycles. The van der Waals surface area contributed by atoms with E-state index in [2.05, 4.69) is 9.72 Å². The summed E-state index contributed by atoms with van der Waals surface area (Å²) < 4.78 is 12.8. The van der Waals surface area contributed by atoms with Crippen molar-refractivity contribution in [2.45, 2.75) is 6.92 Å². The minimum Gasteiger partial charge on any atom is -0.504 e. The van der Waals surface area contributed by atoms with E-state index in [1.807, 2.05) is 55.5 Å². The Morgan fingerprint density at radius 1 is 0.929 bits per heavy atom. The van der Waals surface area contributed by atoms with Crippen LogP contribution in [0.15, 0.2) is 60.7 Å². The van der Waals surface area contributed by atoms with Crippen molar-refractivity contribution in [3.05, 3.63) is 66.4 Å². The van der Waals surface area contributed by atoms with E-state index >= 15 is 0 Å². The normalized spacial score (nSPS) is 10.8. The Bertz CT molecular complexity index is 1150. The maximum absolute atomic E-state index is 9.96. The van der Waals surface area contributed by atoms with Gasteiger partial charge in [0, 0.05) is 11.3 Å². The first-order valence-corrected chi connectivity index (χ1v) is 8.88. The Morgan fingerprint density at radius 2 is 1.71 bits per heavy atom. The second-order valence-corrected chi connectivity index (χ2v) is 6.38. The zero-order chi connectivity index (χ0) is 19.7. The van der Waals surface area contributed by atoms with Gasteiger partial charge in [0.1, 0.15) is 22.9 Å². The highest BCUT2D eigenvalue weighted by Gasteiger charge is 2.18. The minimum atomic E-state index is 0.0884. The maximum Gasteiger partial charge on any atom is 0.161 e. The van der Waals surface area contributed by atoms with Gasteiger partial charge in [-0.25, -0.2) is 4.98 Å². The fraction of sp³-hybridized carbons (Fsp3) is 0.136. The van der Waals surface area contributed by atoms with E-state index in [1.165, 1.54) is 7.11 Å². The second-order valence-electron chi connectivity index (χ2n) is 6.38. The van der Waals surface area contributed by atoms with E-state index in [0.29, 0.717) is 5.75 Å². The highest BCUT2D eigenvalue weighted by Crippen LogP contribution is 2.38. The highest BCUT2D eigenvalue weighted by molar-refractivity contribution is 5.82. The number of fused-ring (bicyclic) bond motifs is 1. The number of pyridine rings is 1. The number of nitrogens with one attached hydrogen (secondary N) is 1. The zero-order valence-electron chi connectivity index (χ0n) is 15.9. The van der Waals surface area contributed by atoms with Crippen LogP contribution in [-0.2, 0) is 0 Å². The molecule has 0 saturated heterocycles. The molecule has 0 fully saturated rings. The first-order chi connectivity index (χ1) is 13.6. The Balaban J connectivity index is 1.94. The zero-order valence-corrected chi connectivity index (χ0v) is 15.9. The highest BCUT2D eigenvalue weighted by atomic mass is 16.5. The lowest BCUT2D eigenvalue weighted by Gasteiger charge is -2.14. The second kappa shape index (κ2) is 7.15. The fourth-order valence-electron chi connectivity index (χ4n) is 3.27. The number of benzene rings is 2. The molecule has 4 rings (SSSR count). The summed E-state index contributed by atoms with van der Waals surface area (Å²) in [5, 5.41) is 13.4. The molecule has 142 valence electrons. The van der Waals surface area contributed by atoms with Gasteiger partial charge < -0.3 is 19.9 Å². The van der Waals surface area contributed by atoms with E-state index < -0.39 is 0 Å². The first-order valence-electron chi connectivity index (χ1n) is 8.88. The first kappa shape index (κ1) is 17.7. The molecule has 0 unspecified atom stereocenters. The van der Waals surface area contributed by atoms with Crippen LogP contribution in [0.25, 0.3) is 16.9 Å². The molecular weight excluding hydrogens is 354 g/mol. The Hall–Kier alpha value is -3.67. The van der Waals surface area contributed by atoms with Crippen molar-refractivity contribution < 1.29 is 14.6 Å². The number of aryl methyl sites for hydroxylation is 1. The number of hydrogen-bond acceptors (Lipinski definition) is 5. The number of anilines is 2. The molecule has 4 aromatic rings. The molecule has 0 bridgehead atoms. The number of aromatic hydroxyl groups is 1. The van der Waals surface area contributed by atoms with Crippen molar-refractivity contribution in [3.63, 3.8) is 0 Å². The predicted molar refractivity (Wildman–Crippen MR) is 110 cm³/mol. The number of phenols is 1. The summed E-state index contributed by atoms with van der Waals surface area (Å²) >= 11 is 0. The largest absolute Gasteiger partial charge is 0.504 e. The molecule has 2 aromatic carbocycles. The third-order valence-electron chi connectivity index (χ3n) is 4.65. The summed E-state index contributed by atoms with van der Waals surface area (Å²) in [6.07, 6.45) is 0. The van der Waals surface area contributed by atoms with Gasteiger partial charge in [0.25, 0.3) is 0 Å². The number of aromatic nitrogens is 2. The number of para-hydroxylation sites is 2. The van der Waals surface area contributed by atoms with E-state index in [9.17, 15) is 5.11 Å². The van der Waals surface area contributed by atoms with Crippen molar-refractivity contribution in [3.8, 4) is 28.5 Å². The molecule has 0 radical (unpaired) electrons. The van der Waals surface area contributed by atoms with Gasteiger partial charge in [-0.2, -0.15) is 0 Å². The summed E-state index contributed by atoms with van der Waals surface area (Å²) in [6, 6.07) is 18.9. The van der Waals surface area contributed by atoms with Crippen molar-refractivity contribution in [1.82, 2.24) is 9.38 Å². The van der Waals surface area contributed by atoms with Crippen LogP contribution in [0.4, 0.5) is 11.5 Å². The molecule has 0 amide bonds. The quantitative estimate of drug-likeness (QED) is 0.526. The van der Waals surface area contributed by atoms with Crippen LogP contribution < -0.4 is 14.8 Å². The Labute approximate surface area is 163 Å². The molecule has 0 aliphatic rings. The van der Waals surface area contributed by atoms with Crippen LogP contribution >= 0.6 is 0 Å². The van der Waals surface area contributed by atoms with Crippen molar-refractivity contribution >= 4 is 17.2 Å². The summed E-state index contributed by atoms with van der Waals surface area (Å²) in [6.45, 7) is 2.03. The predicted octanol–water partition coefficient (Wildman–Crippen LogP) is 4.78. The number of ether oxygens (including phenoxy) is 2. The molecule has 6 nitrogen and oxygen atoms in total. The van der Waals surface area contributed by atoms with E-state index in [1.54, 1.807) is 19.2 Å². The van der Waals surface area contributed by atoms with Gasteiger partial charge in [-0.3, -0.25) is 4.40 Å². The van der Waals surface area contributed by atoms with Crippen LogP contribution in [0.1, 0.15) is 5.69 Å². The summed E-state index contributed by atoms with van der Waals surface area (Å²) in [5.74, 6) is 2.03. The molecule has 28 heavy (non-hydrogen) atoms. The molecule has 0 spiro atoms. The van der Waals surface area contributed by atoms with Gasteiger partial charge in [0.2, 0.25) is 0 Å². The smallest absolute Gasteiger partial charge is 0.161 e. The Kier molecular flexibility index (Phi) is 4.53.